The van der Waals surface area contributed by atoms with Gasteiger partial charge in [0, 0.05) is 12.0 Å². The van der Waals surface area contributed by atoms with Crippen LogP contribution in [0.2, 0.25) is 0 Å². The Labute approximate surface area is 72.8 Å². The molecule has 0 aromatic rings. The Morgan fingerprint density at radius 2 is 2.18 bits per heavy atom. The van der Waals surface area contributed by atoms with Crippen LogP contribution in [0.3, 0.4) is 0 Å². The molecule has 0 saturated heterocycles. The summed E-state index contributed by atoms with van der Waals surface area (Å²) in [4.78, 5) is 0. The van der Waals surface area contributed by atoms with E-state index in [4.69, 9.17) is 0 Å². The van der Waals surface area contributed by atoms with Crippen molar-refractivity contribution in [3.05, 3.63) is 11.8 Å². The molecule has 0 radical (unpaired) electrons. The second-order valence-electron chi connectivity index (χ2n) is 2.81. The van der Waals surface area contributed by atoms with E-state index in [2.05, 4.69) is 41.4 Å². The van der Waals surface area contributed by atoms with Gasteiger partial charge in [-0.05, 0) is 12.3 Å². The van der Waals surface area contributed by atoms with Gasteiger partial charge in [-0.25, -0.2) is 0 Å². The van der Waals surface area contributed by atoms with Crippen LogP contribution in [0.5, 0.6) is 0 Å². The Morgan fingerprint density at radius 3 is 2.55 bits per heavy atom. The highest BCUT2D eigenvalue weighted by Gasteiger charge is 1.95. The molecule has 0 aromatic heterocycles. The Kier molecular flexibility index (Phi) is 6.65. The highest BCUT2D eigenvalue weighted by atomic mass is 31.0. The molecule has 11 heavy (non-hydrogen) atoms. The molecule has 0 heterocycles. The number of hydrogen-bond acceptors (Lipinski definition) is 1. The maximum absolute atomic E-state index is 3.32. The fourth-order valence-electron chi connectivity index (χ4n) is 0.894. The van der Waals surface area contributed by atoms with Gasteiger partial charge in [0.25, 0.3) is 0 Å². The van der Waals surface area contributed by atoms with E-state index in [0.29, 0.717) is 5.92 Å². The highest BCUT2D eigenvalue weighted by molar-refractivity contribution is 7.16. The van der Waals surface area contributed by atoms with Crippen molar-refractivity contribution in [3.63, 3.8) is 0 Å². The monoisotopic (exact) mass is 173 g/mol. The minimum Gasteiger partial charge on any atom is -0.385 e. The molecule has 0 aliphatic heterocycles. The van der Waals surface area contributed by atoms with Gasteiger partial charge in [-0.15, -0.1) is 9.24 Å². The van der Waals surface area contributed by atoms with E-state index < -0.39 is 0 Å². The molecule has 2 unspecified atom stereocenters. The summed E-state index contributed by atoms with van der Waals surface area (Å²) in [6, 6.07) is 0. The first-order valence-electron chi connectivity index (χ1n) is 4.39. The van der Waals surface area contributed by atoms with E-state index >= 15 is 0 Å². The topological polar surface area (TPSA) is 12.0 Å². The van der Waals surface area contributed by atoms with Crippen LogP contribution in [-0.2, 0) is 0 Å². The Morgan fingerprint density at radius 1 is 1.55 bits per heavy atom. The molecule has 0 aliphatic carbocycles. The fraction of sp³-hybridized carbons (Fsp3) is 0.778. The predicted octanol–water partition coefficient (Wildman–Crippen LogP) is 2.75. The predicted molar refractivity (Wildman–Crippen MR) is 55.5 cm³/mol. The molecule has 0 fully saturated rings. The van der Waals surface area contributed by atoms with Gasteiger partial charge in [-0.3, -0.25) is 0 Å². The molecule has 2 heteroatoms. The van der Waals surface area contributed by atoms with Gasteiger partial charge >= 0.3 is 0 Å². The van der Waals surface area contributed by atoms with Crippen LogP contribution in [0, 0.1) is 5.92 Å². The molecular formula is C9H20NP. The average molecular weight is 173 g/mol. The van der Waals surface area contributed by atoms with Crippen molar-refractivity contribution in [2.45, 2.75) is 33.6 Å². The largest absolute Gasteiger partial charge is 0.385 e. The number of nitrogens with one attached hydrogen (secondary N) is 1. The third-order valence-electron chi connectivity index (χ3n) is 1.84. The SMILES string of the molecule is CC/C(=C/C(C)CC)NCP. The summed E-state index contributed by atoms with van der Waals surface area (Å²) in [6.07, 6.45) is 5.61. The van der Waals surface area contributed by atoms with Gasteiger partial charge in [0.1, 0.15) is 0 Å². The van der Waals surface area contributed by atoms with Crippen LogP contribution < -0.4 is 5.32 Å². The fourth-order valence-corrected chi connectivity index (χ4v) is 1.16. The molecule has 0 spiro atoms. The van der Waals surface area contributed by atoms with E-state index in [-0.39, 0.29) is 0 Å². The summed E-state index contributed by atoms with van der Waals surface area (Å²) in [5, 5.41) is 3.32. The van der Waals surface area contributed by atoms with Crippen molar-refractivity contribution in [2.24, 2.45) is 5.92 Å². The zero-order chi connectivity index (χ0) is 8.69. The summed E-state index contributed by atoms with van der Waals surface area (Å²) in [5.41, 5.74) is 1.37. The maximum atomic E-state index is 3.32. The maximum Gasteiger partial charge on any atom is 0.0287 e. The van der Waals surface area contributed by atoms with Crippen molar-refractivity contribution in [3.8, 4) is 0 Å². The highest BCUT2D eigenvalue weighted by Crippen LogP contribution is 2.07. The first-order valence-corrected chi connectivity index (χ1v) is 5.20. The summed E-state index contributed by atoms with van der Waals surface area (Å²) >= 11 is 0. The Bertz CT molecular complexity index is 121. The molecule has 0 rings (SSSR count). The minimum absolute atomic E-state index is 0.703. The van der Waals surface area contributed by atoms with Crippen molar-refractivity contribution in [1.29, 1.82) is 0 Å². The zero-order valence-electron chi connectivity index (χ0n) is 7.85. The minimum atomic E-state index is 0.703. The van der Waals surface area contributed by atoms with Crippen LogP contribution >= 0.6 is 9.24 Å². The van der Waals surface area contributed by atoms with Crippen molar-refractivity contribution >= 4 is 9.24 Å². The van der Waals surface area contributed by atoms with E-state index in [1.165, 1.54) is 12.1 Å². The third-order valence-corrected chi connectivity index (χ3v) is 2.04. The van der Waals surface area contributed by atoms with Gasteiger partial charge in [0.2, 0.25) is 0 Å². The van der Waals surface area contributed by atoms with Gasteiger partial charge < -0.3 is 5.32 Å². The lowest BCUT2D eigenvalue weighted by Gasteiger charge is -2.09. The molecule has 1 N–H and O–H groups in total. The van der Waals surface area contributed by atoms with Gasteiger partial charge in [0.05, 0.1) is 0 Å². The number of rotatable bonds is 5. The summed E-state index contributed by atoms with van der Waals surface area (Å²) < 4.78 is 0. The lowest BCUT2D eigenvalue weighted by atomic mass is 10.1. The Hall–Kier alpha value is -0.0300. The quantitative estimate of drug-likeness (QED) is 0.630. The molecule has 0 aromatic carbocycles. The number of hydrogen-bond donors (Lipinski definition) is 1. The summed E-state index contributed by atoms with van der Waals surface area (Å²) in [7, 11) is 2.68. The van der Waals surface area contributed by atoms with Crippen LogP contribution in [0.4, 0.5) is 0 Å². The first-order chi connectivity index (χ1) is 5.24. The first kappa shape index (κ1) is 11.0. The standard InChI is InChI=1S/C9H20NP/c1-4-8(3)6-9(5-2)10-7-11/h6,8,10H,4-5,7,11H2,1-3H3/b9-6-. The van der Waals surface area contributed by atoms with Crippen LogP contribution in [0.25, 0.3) is 0 Å². The average Bonchev–Trinajstić information content (AvgIpc) is 2.03. The Balaban J connectivity index is 3.88. The van der Waals surface area contributed by atoms with Gasteiger partial charge in [-0.1, -0.05) is 33.3 Å². The van der Waals surface area contributed by atoms with E-state index in [1.54, 1.807) is 0 Å². The second-order valence-corrected chi connectivity index (χ2v) is 3.22. The molecule has 1 nitrogen and oxygen atoms in total. The summed E-state index contributed by atoms with van der Waals surface area (Å²) in [6.45, 7) is 6.65. The molecule has 2 atom stereocenters. The lowest BCUT2D eigenvalue weighted by Crippen LogP contribution is -2.10. The van der Waals surface area contributed by atoms with Gasteiger partial charge in [0.15, 0.2) is 0 Å². The molecule has 0 saturated carbocycles. The van der Waals surface area contributed by atoms with E-state index in [0.717, 1.165) is 12.7 Å². The lowest BCUT2D eigenvalue weighted by molar-refractivity contribution is 0.678. The zero-order valence-corrected chi connectivity index (χ0v) is 9.01. The van der Waals surface area contributed by atoms with Crippen LogP contribution in [0.1, 0.15) is 33.6 Å². The number of allylic oxidation sites excluding steroid dienone is 2. The van der Waals surface area contributed by atoms with Crippen molar-refractivity contribution in [1.82, 2.24) is 5.32 Å². The smallest absolute Gasteiger partial charge is 0.0287 e. The molecular weight excluding hydrogens is 153 g/mol. The molecule has 0 amide bonds. The van der Waals surface area contributed by atoms with Crippen molar-refractivity contribution < 1.29 is 0 Å². The molecule has 66 valence electrons. The van der Waals surface area contributed by atoms with Gasteiger partial charge in [-0.2, -0.15) is 0 Å². The van der Waals surface area contributed by atoms with E-state index in [1.807, 2.05) is 0 Å². The van der Waals surface area contributed by atoms with Crippen molar-refractivity contribution in [2.75, 3.05) is 6.29 Å². The van der Waals surface area contributed by atoms with Crippen LogP contribution in [0.15, 0.2) is 11.8 Å². The third kappa shape index (κ3) is 5.26. The van der Waals surface area contributed by atoms with Crippen LogP contribution in [-0.4, -0.2) is 6.29 Å². The normalized spacial score (nSPS) is 14.7. The van der Waals surface area contributed by atoms with E-state index in [9.17, 15) is 0 Å². The molecule has 0 bridgehead atoms. The molecule has 0 aliphatic rings. The second kappa shape index (κ2) is 6.67. The summed E-state index contributed by atoms with van der Waals surface area (Å²) in [5.74, 6) is 0.703.